The number of carbonyl (C=O) groups is 1. The molecule has 0 bridgehead atoms. The summed E-state index contributed by atoms with van der Waals surface area (Å²) in [6.07, 6.45) is 0. The third-order valence-electron chi connectivity index (χ3n) is 5.74. The van der Waals surface area contributed by atoms with Crippen LogP contribution in [0.2, 0.25) is 0 Å². The molecule has 3 aromatic carbocycles. The summed E-state index contributed by atoms with van der Waals surface area (Å²) in [4.78, 5) is 14.7. The highest BCUT2D eigenvalue weighted by Gasteiger charge is 2.20. The normalized spacial score (nSPS) is 13.3. The molecular formula is C27H30N2O5. The number of morpholine rings is 1. The number of esters is 1. The first-order chi connectivity index (χ1) is 16.7. The fourth-order valence-electron chi connectivity index (χ4n) is 3.95. The molecule has 7 nitrogen and oxygen atoms in total. The molecule has 7 heteroatoms. The van der Waals surface area contributed by atoms with Gasteiger partial charge in [0.15, 0.2) is 11.5 Å². The maximum absolute atomic E-state index is 12.5. The molecule has 1 N–H and O–H groups in total. The lowest BCUT2D eigenvalue weighted by molar-refractivity contribution is 0.0600. The van der Waals surface area contributed by atoms with E-state index in [9.17, 15) is 4.79 Å². The van der Waals surface area contributed by atoms with Crippen molar-refractivity contribution >= 4 is 17.3 Å². The van der Waals surface area contributed by atoms with E-state index in [1.807, 2.05) is 66.7 Å². The van der Waals surface area contributed by atoms with Crippen LogP contribution in [0.5, 0.6) is 11.5 Å². The zero-order valence-corrected chi connectivity index (χ0v) is 19.6. The lowest BCUT2D eigenvalue weighted by Gasteiger charge is -2.30. The van der Waals surface area contributed by atoms with E-state index in [0.29, 0.717) is 43.4 Å². The summed E-state index contributed by atoms with van der Waals surface area (Å²) in [6, 6.07) is 21.6. The Balaban J connectivity index is 1.53. The summed E-state index contributed by atoms with van der Waals surface area (Å²) in [5.74, 6) is 1.01. The van der Waals surface area contributed by atoms with Crippen LogP contribution in [-0.4, -0.2) is 46.5 Å². The van der Waals surface area contributed by atoms with Gasteiger partial charge in [-0.25, -0.2) is 4.79 Å². The Bertz CT molecular complexity index is 1100. The second kappa shape index (κ2) is 11.4. The van der Waals surface area contributed by atoms with Gasteiger partial charge in [-0.05, 0) is 29.8 Å². The first-order valence-electron chi connectivity index (χ1n) is 11.3. The van der Waals surface area contributed by atoms with Gasteiger partial charge < -0.3 is 29.2 Å². The summed E-state index contributed by atoms with van der Waals surface area (Å²) in [5, 5.41) is 3.41. The van der Waals surface area contributed by atoms with Gasteiger partial charge in [0, 0.05) is 30.9 Å². The second-order valence-corrected chi connectivity index (χ2v) is 7.90. The molecule has 34 heavy (non-hydrogen) atoms. The number of hydrogen-bond acceptors (Lipinski definition) is 7. The predicted octanol–water partition coefficient (Wildman–Crippen LogP) is 4.51. The minimum absolute atomic E-state index is 0.363. The third kappa shape index (κ3) is 5.61. The van der Waals surface area contributed by atoms with Crippen LogP contribution in [0.3, 0.4) is 0 Å². The highest BCUT2D eigenvalue weighted by atomic mass is 16.5. The Morgan fingerprint density at radius 1 is 1.00 bits per heavy atom. The molecule has 0 unspecified atom stereocenters. The van der Waals surface area contributed by atoms with Crippen molar-refractivity contribution in [1.82, 2.24) is 0 Å². The number of ether oxygens (including phenoxy) is 4. The van der Waals surface area contributed by atoms with Crippen molar-refractivity contribution in [3.05, 3.63) is 83.4 Å². The zero-order chi connectivity index (χ0) is 23.8. The number of para-hydroxylation sites is 1. The summed E-state index contributed by atoms with van der Waals surface area (Å²) in [5.41, 5.74) is 4.23. The quantitative estimate of drug-likeness (QED) is 0.469. The Morgan fingerprint density at radius 3 is 2.53 bits per heavy atom. The number of nitrogens with one attached hydrogen (secondary N) is 1. The van der Waals surface area contributed by atoms with Crippen molar-refractivity contribution in [1.29, 1.82) is 0 Å². The fourth-order valence-corrected chi connectivity index (χ4v) is 3.95. The van der Waals surface area contributed by atoms with E-state index in [-0.39, 0.29) is 5.97 Å². The molecule has 0 spiro atoms. The molecule has 1 saturated heterocycles. The summed E-state index contributed by atoms with van der Waals surface area (Å²) in [6.45, 7) is 3.70. The smallest absolute Gasteiger partial charge is 0.340 e. The SMILES string of the molecule is COC(=O)c1cc(NCc2cccc(OC)c2OCc2ccccc2)ccc1N1CCOCC1. The Labute approximate surface area is 200 Å². The molecule has 0 radical (unpaired) electrons. The molecule has 0 atom stereocenters. The van der Waals surface area contributed by atoms with Crippen LogP contribution in [0.4, 0.5) is 11.4 Å². The van der Waals surface area contributed by atoms with E-state index >= 15 is 0 Å². The lowest BCUT2D eigenvalue weighted by Crippen LogP contribution is -2.37. The first kappa shape index (κ1) is 23.4. The molecule has 3 aromatic rings. The number of rotatable bonds is 9. The highest BCUT2D eigenvalue weighted by molar-refractivity contribution is 5.97. The van der Waals surface area contributed by atoms with Gasteiger partial charge in [0.25, 0.3) is 0 Å². The van der Waals surface area contributed by atoms with Gasteiger partial charge in [-0.1, -0.05) is 42.5 Å². The van der Waals surface area contributed by atoms with Gasteiger partial charge in [0.2, 0.25) is 0 Å². The third-order valence-corrected chi connectivity index (χ3v) is 5.74. The minimum atomic E-state index is -0.363. The number of carbonyl (C=O) groups excluding carboxylic acids is 1. The number of benzene rings is 3. The molecule has 0 saturated carbocycles. The predicted molar refractivity (Wildman–Crippen MR) is 132 cm³/mol. The van der Waals surface area contributed by atoms with Crippen LogP contribution in [0, 0.1) is 0 Å². The van der Waals surface area contributed by atoms with Crippen molar-refractivity contribution in [2.75, 3.05) is 50.7 Å². The van der Waals surface area contributed by atoms with E-state index in [0.717, 1.165) is 35.6 Å². The van der Waals surface area contributed by atoms with Gasteiger partial charge in [-0.15, -0.1) is 0 Å². The van der Waals surface area contributed by atoms with E-state index in [4.69, 9.17) is 18.9 Å². The molecule has 0 amide bonds. The Kier molecular flexibility index (Phi) is 7.88. The maximum atomic E-state index is 12.5. The van der Waals surface area contributed by atoms with Crippen molar-refractivity contribution in [2.45, 2.75) is 13.2 Å². The van der Waals surface area contributed by atoms with Crippen molar-refractivity contribution < 1.29 is 23.7 Å². The average Bonchev–Trinajstić information content (AvgIpc) is 2.91. The maximum Gasteiger partial charge on any atom is 0.340 e. The Hall–Kier alpha value is -3.71. The van der Waals surface area contributed by atoms with Crippen LogP contribution < -0.4 is 19.7 Å². The molecule has 0 aromatic heterocycles. The topological polar surface area (TPSA) is 69.3 Å². The van der Waals surface area contributed by atoms with Gasteiger partial charge in [0.05, 0.1) is 38.7 Å². The van der Waals surface area contributed by atoms with Crippen molar-refractivity contribution in [3.8, 4) is 11.5 Å². The summed E-state index contributed by atoms with van der Waals surface area (Å²) >= 11 is 0. The molecule has 1 aliphatic rings. The van der Waals surface area contributed by atoms with Gasteiger partial charge in [-0.3, -0.25) is 0 Å². The van der Waals surface area contributed by atoms with Crippen LogP contribution in [0.25, 0.3) is 0 Å². The lowest BCUT2D eigenvalue weighted by atomic mass is 10.1. The van der Waals surface area contributed by atoms with E-state index in [2.05, 4.69) is 10.2 Å². The van der Waals surface area contributed by atoms with E-state index in [1.165, 1.54) is 7.11 Å². The average molecular weight is 463 g/mol. The largest absolute Gasteiger partial charge is 0.493 e. The van der Waals surface area contributed by atoms with Gasteiger partial charge in [-0.2, -0.15) is 0 Å². The first-order valence-corrected chi connectivity index (χ1v) is 11.3. The van der Waals surface area contributed by atoms with Gasteiger partial charge >= 0.3 is 5.97 Å². The fraction of sp³-hybridized carbons (Fsp3) is 0.296. The summed E-state index contributed by atoms with van der Waals surface area (Å²) < 4.78 is 22.2. The van der Waals surface area contributed by atoms with Crippen molar-refractivity contribution in [2.24, 2.45) is 0 Å². The molecule has 0 aliphatic carbocycles. The van der Waals surface area contributed by atoms with Crippen LogP contribution in [-0.2, 0) is 22.6 Å². The van der Waals surface area contributed by atoms with Crippen LogP contribution in [0.15, 0.2) is 66.7 Å². The summed E-state index contributed by atoms with van der Waals surface area (Å²) in [7, 11) is 3.03. The van der Waals surface area contributed by atoms with Crippen LogP contribution in [0.1, 0.15) is 21.5 Å². The highest BCUT2D eigenvalue weighted by Crippen LogP contribution is 2.33. The molecule has 178 valence electrons. The molecule has 1 heterocycles. The molecular weight excluding hydrogens is 432 g/mol. The molecule has 4 rings (SSSR count). The van der Waals surface area contributed by atoms with Crippen molar-refractivity contribution in [3.63, 3.8) is 0 Å². The number of hydrogen-bond donors (Lipinski definition) is 1. The minimum Gasteiger partial charge on any atom is -0.493 e. The number of methoxy groups -OCH3 is 2. The van der Waals surface area contributed by atoms with E-state index < -0.39 is 0 Å². The second-order valence-electron chi connectivity index (χ2n) is 7.90. The van der Waals surface area contributed by atoms with Crippen LogP contribution >= 0.6 is 0 Å². The molecule has 1 aliphatic heterocycles. The Morgan fingerprint density at radius 2 is 1.79 bits per heavy atom. The monoisotopic (exact) mass is 462 g/mol. The number of anilines is 2. The number of nitrogens with zero attached hydrogens (tertiary/aromatic N) is 1. The van der Waals surface area contributed by atoms with Gasteiger partial charge in [0.1, 0.15) is 6.61 Å². The van der Waals surface area contributed by atoms with E-state index in [1.54, 1.807) is 7.11 Å². The molecule has 1 fully saturated rings. The zero-order valence-electron chi connectivity index (χ0n) is 19.6. The standard InChI is InChI=1S/C27H30N2O5/c1-31-25-10-6-9-21(26(25)34-19-20-7-4-3-5-8-20)18-28-22-11-12-24(23(17-22)27(30)32-2)29-13-15-33-16-14-29/h3-12,17,28H,13-16,18-19H2,1-2H3.